The Morgan fingerprint density at radius 3 is 2.23 bits per heavy atom. The Bertz CT molecular complexity index is 858. The van der Waals surface area contributed by atoms with Crippen LogP contribution in [0.15, 0.2) is 35.2 Å². The van der Waals surface area contributed by atoms with Crippen LogP contribution in [0.25, 0.3) is 0 Å². The van der Waals surface area contributed by atoms with Crippen LogP contribution in [0, 0.1) is 0 Å². The van der Waals surface area contributed by atoms with Gasteiger partial charge in [0.2, 0.25) is 16.0 Å². The van der Waals surface area contributed by atoms with Gasteiger partial charge < -0.3 is 10.6 Å². The molecule has 2 aromatic rings. The van der Waals surface area contributed by atoms with E-state index in [0.29, 0.717) is 42.8 Å². The first kappa shape index (κ1) is 18.9. The quantitative estimate of drug-likeness (QED) is 0.799. The molecule has 26 heavy (non-hydrogen) atoms. The molecular weight excluding hydrogens is 374 g/mol. The number of hydrogen-bond acceptors (Lipinski definition) is 6. The first-order valence-electron chi connectivity index (χ1n) is 8.42. The number of hydrogen-bond donors (Lipinski definition) is 1. The fourth-order valence-electron chi connectivity index (χ4n) is 2.92. The molecule has 1 saturated heterocycles. The Morgan fingerprint density at radius 2 is 1.69 bits per heavy atom. The predicted molar refractivity (Wildman–Crippen MR) is 103 cm³/mol. The van der Waals surface area contributed by atoms with E-state index in [1.165, 1.54) is 4.31 Å². The van der Waals surface area contributed by atoms with Crippen molar-refractivity contribution in [2.75, 3.05) is 36.8 Å². The van der Waals surface area contributed by atoms with Crippen molar-refractivity contribution in [3.05, 3.63) is 41.0 Å². The van der Waals surface area contributed by atoms with Crippen LogP contribution in [-0.4, -0.2) is 48.9 Å². The van der Waals surface area contributed by atoms with Gasteiger partial charge in [-0.3, -0.25) is 0 Å². The van der Waals surface area contributed by atoms with E-state index in [9.17, 15) is 8.42 Å². The van der Waals surface area contributed by atoms with Crippen LogP contribution in [0.3, 0.4) is 0 Å². The highest BCUT2D eigenvalue weighted by molar-refractivity contribution is 7.89. The van der Waals surface area contributed by atoms with Gasteiger partial charge in [-0.15, -0.1) is 0 Å². The molecule has 1 aliphatic heterocycles. The number of nitrogen functional groups attached to an aromatic ring is 1. The normalized spacial score (nSPS) is 16.2. The number of piperazine rings is 1. The molecule has 3 rings (SSSR count). The molecule has 0 unspecified atom stereocenters. The number of anilines is 2. The largest absolute Gasteiger partial charge is 0.368 e. The molecule has 0 saturated carbocycles. The van der Waals surface area contributed by atoms with Gasteiger partial charge in [0, 0.05) is 32.2 Å². The molecule has 1 aromatic carbocycles. The third kappa shape index (κ3) is 3.92. The minimum absolute atomic E-state index is 0.104. The van der Waals surface area contributed by atoms with E-state index in [2.05, 4.69) is 23.8 Å². The van der Waals surface area contributed by atoms with Crippen LogP contribution < -0.4 is 10.6 Å². The highest BCUT2D eigenvalue weighted by Gasteiger charge is 2.29. The summed E-state index contributed by atoms with van der Waals surface area (Å²) in [6, 6.07) is 8.75. The van der Waals surface area contributed by atoms with Gasteiger partial charge >= 0.3 is 0 Å². The van der Waals surface area contributed by atoms with Crippen molar-refractivity contribution >= 4 is 33.4 Å². The van der Waals surface area contributed by atoms with Crippen LogP contribution in [0.5, 0.6) is 0 Å². The van der Waals surface area contributed by atoms with Gasteiger partial charge in [-0.05, 0) is 23.6 Å². The SMILES string of the molecule is CC(C)c1ccc(S(=O)(=O)N2CCN(c3cc(Cl)nc(N)n3)CC2)cc1. The van der Waals surface area contributed by atoms with Crippen LogP contribution >= 0.6 is 11.6 Å². The van der Waals surface area contributed by atoms with E-state index in [0.717, 1.165) is 5.56 Å². The fourth-order valence-corrected chi connectivity index (χ4v) is 4.52. The van der Waals surface area contributed by atoms with Gasteiger partial charge in [0.05, 0.1) is 4.90 Å². The molecule has 2 heterocycles. The monoisotopic (exact) mass is 395 g/mol. The molecular formula is C17H22ClN5O2S. The van der Waals surface area contributed by atoms with Crippen molar-refractivity contribution in [2.45, 2.75) is 24.7 Å². The number of rotatable bonds is 4. The molecule has 0 spiro atoms. The summed E-state index contributed by atoms with van der Waals surface area (Å²) >= 11 is 5.92. The maximum atomic E-state index is 12.9. The first-order chi connectivity index (χ1) is 12.3. The summed E-state index contributed by atoms with van der Waals surface area (Å²) in [6.45, 7) is 5.92. The lowest BCUT2D eigenvalue weighted by molar-refractivity contribution is 0.384. The topological polar surface area (TPSA) is 92.4 Å². The fraction of sp³-hybridized carbons (Fsp3) is 0.412. The predicted octanol–water partition coefficient (Wildman–Crippen LogP) is 2.35. The van der Waals surface area contributed by atoms with E-state index in [1.807, 2.05) is 17.0 Å². The third-order valence-corrected chi connectivity index (χ3v) is 6.55. The average molecular weight is 396 g/mol. The summed E-state index contributed by atoms with van der Waals surface area (Å²) in [6.07, 6.45) is 0. The zero-order valence-corrected chi connectivity index (χ0v) is 16.3. The lowest BCUT2D eigenvalue weighted by Crippen LogP contribution is -2.49. The number of sulfonamides is 1. The van der Waals surface area contributed by atoms with Crippen LogP contribution in [0.2, 0.25) is 5.15 Å². The summed E-state index contributed by atoms with van der Waals surface area (Å²) in [5.74, 6) is 1.08. The Kier molecular flexibility index (Phi) is 5.36. The van der Waals surface area contributed by atoms with Gasteiger partial charge in [0.15, 0.2) is 0 Å². The molecule has 0 bridgehead atoms. The second kappa shape index (κ2) is 7.38. The van der Waals surface area contributed by atoms with Gasteiger partial charge in [0.1, 0.15) is 11.0 Å². The van der Waals surface area contributed by atoms with Crippen LogP contribution in [-0.2, 0) is 10.0 Å². The average Bonchev–Trinajstić information content (AvgIpc) is 2.61. The van der Waals surface area contributed by atoms with Crippen molar-refractivity contribution in [3.63, 3.8) is 0 Å². The van der Waals surface area contributed by atoms with Gasteiger partial charge in [-0.1, -0.05) is 37.6 Å². The Balaban J connectivity index is 1.72. The van der Waals surface area contributed by atoms with E-state index in [4.69, 9.17) is 17.3 Å². The molecule has 0 aliphatic carbocycles. The lowest BCUT2D eigenvalue weighted by atomic mass is 10.0. The second-order valence-corrected chi connectivity index (χ2v) is 8.85. The number of halogens is 1. The molecule has 1 aliphatic rings. The standard InChI is InChI=1S/C17H22ClN5O2S/c1-12(2)13-3-5-14(6-4-13)26(24,25)23-9-7-22(8-10-23)16-11-15(18)20-17(19)21-16/h3-6,11-12H,7-10H2,1-2H3,(H2,19,20,21). The molecule has 0 radical (unpaired) electrons. The van der Waals surface area contributed by atoms with Gasteiger partial charge in [-0.25, -0.2) is 13.4 Å². The highest BCUT2D eigenvalue weighted by atomic mass is 35.5. The van der Waals surface area contributed by atoms with E-state index >= 15 is 0 Å². The minimum atomic E-state index is -3.50. The van der Waals surface area contributed by atoms with E-state index in [-0.39, 0.29) is 11.1 Å². The van der Waals surface area contributed by atoms with Gasteiger partial charge in [0.25, 0.3) is 0 Å². The molecule has 0 atom stereocenters. The number of benzene rings is 1. The van der Waals surface area contributed by atoms with Crippen molar-refractivity contribution in [1.82, 2.24) is 14.3 Å². The summed E-state index contributed by atoms with van der Waals surface area (Å²) in [7, 11) is -3.50. The summed E-state index contributed by atoms with van der Waals surface area (Å²) < 4.78 is 27.2. The van der Waals surface area contributed by atoms with Gasteiger partial charge in [-0.2, -0.15) is 9.29 Å². The first-order valence-corrected chi connectivity index (χ1v) is 10.2. The molecule has 1 fully saturated rings. The Hall–Kier alpha value is -1.90. The van der Waals surface area contributed by atoms with Crippen molar-refractivity contribution in [2.24, 2.45) is 0 Å². The van der Waals surface area contributed by atoms with Crippen molar-refractivity contribution < 1.29 is 8.42 Å². The lowest BCUT2D eigenvalue weighted by Gasteiger charge is -2.34. The number of aromatic nitrogens is 2. The summed E-state index contributed by atoms with van der Waals surface area (Å²) in [5, 5.41) is 0.271. The maximum absolute atomic E-state index is 12.9. The maximum Gasteiger partial charge on any atom is 0.243 e. The smallest absolute Gasteiger partial charge is 0.243 e. The zero-order valence-electron chi connectivity index (χ0n) is 14.8. The van der Waals surface area contributed by atoms with Crippen molar-refractivity contribution in [1.29, 1.82) is 0 Å². The minimum Gasteiger partial charge on any atom is -0.368 e. The van der Waals surface area contributed by atoms with Crippen LogP contribution in [0.1, 0.15) is 25.3 Å². The molecule has 9 heteroatoms. The molecule has 2 N–H and O–H groups in total. The second-order valence-electron chi connectivity index (χ2n) is 6.52. The number of nitrogens with zero attached hydrogens (tertiary/aromatic N) is 4. The highest BCUT2D eigenvalue weighted by Crippen LogP contribution is 2.23. The van der Waals surface area contributed by atoms with Crippen LogP contribution in [0.4, 0.5) is 11.8 Å². The number of nitrogens with two attached hydrogens (primary N) is 1. The summed E-state index contributed by atoms with van der Waals surface area (Å²) in [5.41, 5.74) is 6.75. The van der Waals surface area contributed by atoms with Crippen molar-refractivity contribution in [3.8, 4) is 0 Å². The Labute approximate surface area is 158 Å². The molecule has 7 nitrogen and oxygen atoms in total. The van der Waals surface area contributed by atoms with E-state index < -0.39 is 10.0 Å². The zero-order chi connectivity index (χ0) is 18.9. The Morgan fingerprint density at radius 1 is 1.08 bits per heavy atom. The molecule has 1 aromatic heterocycles. The molecule has 140 valence electrons. The third-order valence-electron chi connectivity index (χ3n) is 4.45. The molecule has 0 amide bonds. The summed E-state index contributed by atoms with van der Waals surface area (Å²) in [4.78, 5) is 10.3. The van der Waals surface area contributed by atoms with E-state index in [1.54, 1.807) is 18.2 Å².